The molecule has 0 saturated heterocycles. The molecule has 0 aliphatic rings. The van der Waals surface area contributed by atoms with E-state index in [0.717, 1.165) is 33.9 Å². The number of carboxylic acids is 1. The van der Waals surface area contributed by atoms with Crippen molar-refractivity contribution in [3.05, 3.63) is 111 Å². The number of carbonyl (C=O) groups is 1. The van der Waals surface area contributed by atoms with Crippen LogP contribution in [-0.2, 0) is 19.6 Å². The van der Waals surface area contributed by atoms with Crippen LogP contribution >= 0.6 is 11.3 Å². The number of aryl methyl sites for hydroxylation is 2. The molecule has 234 valence electrons. The Morgan fingerprint density at radius 1 is 1.00 bits per heavy atom. The Labute approximate surface area is 268 Å². The summed E-state index contributed by atoms with van der Waals surface area (Å²) in [6.07, 6.45) is 6.75. The number of hydrogen-bond donors (Lipinski definition) is 1. The molecule has 1 N–H and O–H groups in total. The quantitative estimate of drug-likeness (QED) is 0.136. The third kappa shape index (κ3) is 6.87. The van der Waals surface area contributed by atoms with Gasteiger partial charge in [-0.25, -0.2) is 19.4 Å². The molecule has 2 aromatic carbocycles. The van der Waals surface area contributed by atoms with Crippen molar-refractivity contribution in [1.29, 1.82) is 0 Å². The Balaban J connectivity index is 1.15. The third-order valence-electron chi connectivity index (χ3n) is 6.92. The topological polar surface area (TPSA) is 135 Å². The van der Waals surface area contributed by atoms with E-state index in [0.29, 0.717) is 28.8 Å². The second kappa shape index (κ2) is 13.6. The van der Waals surface area contributed by atoms with Gasteiger partial charge in [0.1, 0.15) is 24.7 Å². The maximum atomic E-state index is 11.1. The van der Waals surface area contributed by atoms with Crippen LogP contribution in [0.1, 0.15) is 50.8 Å². The Morgan fingerprint density at radius 3 is 2.59 bits per heavy atom. The van der Waals surface area contributed by atoms with Crippen molar-refractivity contribution in [1.82, 2.24) is 19.7 Å². The number of methoxy groups -OCH3 is 1. The minimum Gasteiger partial charge on any atom is -0.493 e. The number of carboxylic acid groups (broad SMARTS) is 1. The van der Waals surface area contributed by atoms with Crippen molar-refractivity contribution < 1.29 is 32.9 Å². The van der Waals surface area contributed by atoms with Crippen molar-refractivity contribution in [2.75, 3.05) is 7.11 Å². The summed E-state index contributed by atoms with van der Waals surface area (Å²) >= 11 is 1.64. The normalized spacial score (nSPS) is 11.3. The van der Waals surface area contributed by atoms with Crippen LogP contribution in [0.25, 0.3) is 29.5 Å². The molecule has 6 rings (SSSR count). The molecular weight excluding hydrogens is 608 g/mol. The molecule has 0 amide bonds. The highest BCUT2D eigenvalue weighted by Crippen LogP contribution is 2.31. The summed E-state index contributed by atoms with van der Waals surface area (Å²) in [5.41, 5.74) is 4.02. The fourth-order valence-electron chi connectivity index (χ4n) is 4.50. The van der Waals surface area contributed by atoms with Crippen LogP contribution in [0.15, 0.2) is 81.1 Å². The third-order valence-corrected chi connectivity index (χ3v) is 7.93. The number of hydrogen-bond acceptors (Lipinski definition) is 10. The second-order valence-corrected chi connectivity index (χ2v) is 11.0. The summed E-state index contributed by atoms with van der Waals surface area (Å²) in [5, 5.41) is 16.9. The summed E-state index contributed by atoms with van der Waals surface area (Å²) in [4.78, 5) is 20.2. The molecule has 0 aliphatic carbocycles. The van der Waals surface area contributed by atoms with Gasteiger partial charge < -0.3 is 28.2 Å². The molecule has 0 fully saturated rings. The van der Waals surface area contributed by atoms with Gasteiger partial charge >= 0.3 is 5.97 Å². The molecule has 0 bridgehead atoms. The first-order valence-corrected chi connectivity index (χ1v) is 15.3. The lowest BCUT2D eigenvalue weighted by Gasteiger charge is -2.12. The first-order chi connectivity index (χ1) is 22.4. The number of thiazole rings is 1. The monoisotopic (exact) mass is 638 g/mol. The minimum atomic E-state index is -1.17. The van der Waals surface area contributed by atoms with Gasteiger partial charge in [-0.15, -0.1) is 16.4 Å². The lowest BCUT2D eigenvalue weighted by atomic mass is 10.2. The van der Waals surface area contributed by atoms with Gasteiger partial charge in [0.25, 0.3) is 5.89 Å². The molecular formula is C34H30N4O7S. The van der Waals surface area contributed by atoms with Gasteiger partial charge in [0, 0.05) is 11.6 Å². The average molecular weight is 639 g/mol. The van der Waals surface area contributed by atoms with E-state index in [1.165, 1.54) is 12.1 Å². The number of oxazole rings is 1. The van der Waals surface area contributed by atoms with E-state index >= 15 is 0 Å². The molecule has 4 aromatic heterocycles. The van der Waals surface area contributed by atoms with Crippen LogP contribution in [-0.4, -0.2) is 37.9 Å². The van der Waals surface area contributed by atoms with Gasteiger partial charge in [-0.05, 0) is 67.5 Å². The number of aromatic carboxylic acids is 1. The van der Waals surface area contributed by atoms with Gasteiger partial charge in [-0.1, -0.05) is 31.2 Å². The molecule has 0 atom stereocenters. The molecule has 0 spiro atoms. The number of aromatic nitrogens is 4. The largest absolute Gasteiger partial charge is 0.493 e. The van der Waals surface area contributed by atoms with E-state index in [2.05, 4.69) is 16.9 Å². The summed E-state index contributed by atoms with van der Waals surface area (Å²) in [5.74, 6) is 1.05. The van der Waals surface area contributed by atoms with E-state index in [1.807, 2.05) is 66.2 Å². The number of para-hydroxylation sites is 1. The van der Waals surface area contributed by atoms with Crippen molar-refractivity contribution in [2.45, 2.75) is 33.5 Å². The fraction of sp³-hybridized carbons (Fsp3) is 0.176. The fourth-order valence-corrected chi connectivity index (χ4v) is 5.22. The Hall–Kier alpha value is -5.62. The first-order valence-electron chi connectivity index (χ1n) is 14.4. The summed E-state index contributed by atoms with van der Waals surface area (Å²) in [7, 11) is 1.57. The standard InChI is InChI=1S/C34H30N4O7S/c1-4-31-35-24(20-46-31)12-11-23-17-38(25-8-6-5-7-9-25)37-32(23)43-18-22-10-13-27(30(16-22)41-3)42-19-26-21(2)44-33(36-26)28-14-15-29(45-28)34(39)40/h5-17,20H,4,18-19H2,1-3H3,(H,39,40). The number of ether oxygens (including phenoxy) is 3. The molecule has 0 unspecified atom stereocenters. The Morgan fingerprint density at radius 2 is 1.85 bits per heavy atom. The minimum absolute atomic E-state index is 0.0966. The molecule has 46 heavy (non-hydrogen) atoms. The maximum absolute atomic E-state index is 11.1. The van der Waals surface area contributed by atoms with Crippen molar-refractivity contribution >= 4 is 29.5 Å². The zero-order chi connectivity index (χ0) is 32.0. The Kier molecular flexibility index (Phi) is 8.97. The zero-order valence-corrected chi connectivity index (χ0v) is 26.1. The smallest absolute Gasteiger partial charge is 0.371 e. The molecule has 12 heteroatoms. The Bertz CT molecular complexity index is 1990. The van der Waals surface area contributed by atoms with Crippen LogP contribution in [0.3, 0.4) is 0 Å². The van der Waals surface area contributed by atoms with Gasteiger partial charge in [-0.2, -0.15) is 0 Å². The molecule has 0 aliphatic heterocycles. The van der Waals surface area contributed by atoms with Crippen LogP contribution in [0.2, 0.25) is 0 Å². The van der Waals surface area contributed by atoms with Crippen molar-refractivity contribution in [3.8, 4) is 34.7 Å². The van der Waals surface area contributed by atoms with E-state index in [9.17, 15) is 4.79 Å². The van der Waals surface area contributed by atoms with Crippen LogP contribution in [0.5, 0.6) is 17.4 Å². The molecule has 0 radical (unpaired) electrons. The molecule has 0 saturated carbocycles. The average Bonchev–Trinajstić information content (AvgIpc) is 3.89. The van der Waals surface area contributed by atoms with Gasteiger partial charge in [-0.3, -0.25) is 0 Å². The molecule has 11 nitrogen and oxygen atoms in total. The van der Waals surface area contributed by atoms with Crippen molar-refractivity contribution in [2.24, 2.45) is 0 Å². The summed E-state index contributed by atoms with van der Waals surface area (Å²) < 4.78 is 30.6. The number of furan rings is 1. The summed E-state index contributed by atoms with van der Waals surface area (Å²) in [6, 6.07) is 18.2. The number of nitrogens with zero attached hydrogens (tertiary/aromatic N) is 4. The molecule has 6 aromatic rings. The predicted molar refractivity (Wildman–Crippen MR) is 172 cm³/mol. The van der Waals surface area contributed by atoms with Crippen LogP contribution < -0.4 is 14.2 Å². The highest BCUT2D eigenvalue weighted by atomic mass is 32.1. The van der Waals surface area contributed by atoms with E-state index in [4.69, 9.17) is 33.3 Å². The maximum Gasteiger partial charge on any atom is 0.371 e. The van der Waals surface area contributed by atoms with E-state index < -0.39 is 5.97 Å². The van der Waals surface area contributed by atoms with Gasteiger partial charge in [0.15, 0.2) is 17.3 Å². The van der Waals surface area contributed by atoms with Crippen LogP contribution in [0, 0.1) is 6.92 Å². The van der Waals surface area contributed by atoms with E-state index in [1.54, 1.807) is 36.1 Å². The summed E-state index contributed by atoms with van der Waals surface area (Å²) in [6.45, 7) is 4.18. The van der Waals surface area contributed by atoms with Gasteiger partial charge in [0.05, 0.1) is 29.1 Å². The van der Waals surface area contributed by atoms with Gasteiger partial charge in [0.2, 0.25) is 11.6 Å². The second-order valence-electron chi connectivity index (χ2n) is 10.1. The van der Waals surface area contributed by atoms with E-state index in [-0.39, 0.29) is 30.6 Å². The van der Waals surface area contributed by atoms with Crippen LogP contribution in [0.4, 0.5) is 0 Å². The zero-order valence-electron chi connectivity index (χ0n) is 25.3. The van der Waals surface area contributed by atoms with Crippen molar-refractivity contribution in [3.63, 3.8) is 0 Å². The lowest BCUT2D eigenvalue weighted by Crippen LogP contribution is -2.02. The SMILES string of the molecule is CCc1nc(C=Cc2cn(-c3ccccc3)nc2OCc2ccc(OCc3nc(-c4ccc(C(=O)O)o4)oc3C)c(OC)c2)cs1. The lowest BCUT2D eigenvalue weighted by molar-refractivity contribution is 0.0663. The number of rotatable bonds is 13. The highest BCUT2D eigenvalue weighted by molar-refractivity contribution is 7.09. The molecule has 4 heterocycles. The first kappa shape index (κ1) is 30.4. The predicted octanol–water partition coefficient (Wildman–Crippen LogP) is 7.48. The highest BCUT2D eigenvalue weighted by Gasteiger charge is 2.18. The number of benzene rings is 2.